The van der Waals surface area contributed by atoms with Crippen LogP contribution in [0.3, 0.4) is 0 Å². The van der Waals surface area contributed by atoms with Gasteiger partial charge in [-0.15, -0.1) is 0 Å². The maximum atomic E-state index is 5.32. The van der Waals surface area contributed by atoms with E-state index in [1.165, 1.54) is 32.4 Å². The van der Waals surface area contributed by atoms with Crippen LogP contribution in [-0.4, -0.2) is 37.6 Å². The minimum Gasteiger partial charge on any atom is -0.469 e. The second kappa shape index (κ2) is 6.06. The molecule has 2 rings (SSSR count). The maximum Gasteiger partial charge on any atom is 0.105 e. The average molecular weight is 222 g/mol. The Balaban J connectivity index is 1.65. The highest BCUT2D eigenvalue weighted by Crippen LogP contribution is 2.09. The molecule has 1 aromatic rings. The molecule has 0 bridgehead atoms. The van der Waals surface area contributed by atoms with Crippen molar-refractivity contribution in [3.8, 4) is 0 Å². The van der Waals surface area contributed by atoms with Crippen molar-refractivity contribution in [2.24, 2.45) is 0 Å². The van der Waals surface area contributed by atoms with Gasteiger partial charge in [-0.1, -0.05) is 0 Å². The molecule has 1 aromatic heterocycles. The second-order valence-corrected chi connectivity index (χ2v) is 4.71. The van der Waals surface area contributed by atoms with Gasteiger partial charge in [0.05, 0.1) is 6.26 Å². The molecular weight excluding hydrogens is 200 g/mol. The predicted molar refractivity (Wildman–Crippen MR) is 65.6 cm³/mol. The van der Waals surface area contributed by atoms with Crippen molar-refractivity contribution < 1.29 is 4.42 Å². The Kier molecular flexibility index (Phi) is 4.43. The predicted octanol–water partition coefficient (Wildman–Crippen LogP) is 1.90. The van der Waals surface area contributed by atoms with E-state index in [0.29, 0.717) is 6.04 Å². The maximum absolute atomic E-state index is 5.32. The van der Waals surface area contributed by atoms with Crippen LogP contribution in [0.15, 0.2) is 22.8 Å². The van der Waals surface area contributed by atoms with Crippen LogP contribution < -0.4 is 5.32 Å². The molecule has 16 heavy (non-hydrogen) atoms. The minimum absolute atomic E-state index is 0.694. The molecule has 1 unspecified atom stereocenters. The van der Waals surface area contributed by atoms with Gasteiger partial charge in [-0.25, -0.2) is 0 Å². The molecular formula is C13H22N2O. The summed E-state index contributed by atoms with van der Waals surface area (Å²) in [6.45, 7) is 3.50. The number of nitrogens with one attached hydrogen (secondary N) is 1. The van der Waals surface area contributed by atoms with Crippen molar-refractivity contribution in [1.29, 1.82) is 0 Å². The summed E-state index contributed by atoms with van der Waals surface area (Å²) in [5.74, 6) is 1.08. The lowest BCUT2D eigenvalue weighted by atomic mass is 10.1. The van der Waals surface area contributed by atoms with Gasteiger partial charge in [0.2, 0.25) is 0 Å². The van der Waals surface area contributed by atoms with Crippen molar-refractivity contribution >= 4 is 0 Å². The molecule has 0 amide bonds. The molecule has 1 atom stereocenters. The molecule has 90 valence electrons. The number of rotatable bonds is 4. The molecule has 0 spiro atoms. The van der Waals surface area contributed by atoms with E-state index in [9.17, 15) is 0 Å². The fourth-order valence-electron chi connectivity index (χ4n) is 2.30. The first-order valence-electron chi connectivity index (χ1n) is 6.29. The lowest BCUT2D eigenvalue weighted by Crippen LogP contribution is -2.31. The summed E-state index contributed by atoms with van der Waals surface area (Å²) >= 11 is 0. The third-order valence-corrected chi connectivity index (χ3v) is 3.34. The Bertz CT molecular complexity index is 284. The van der Waals surface area contributed by atoms with Crippen LogP contribution in [0.4, 0.5) is 0 Å². The van der Waals surface area contributed by atoms with Gasteiger partial charge in [-0.05, 0) is 51.5 Å². The number of hydrogen-bond acceptors (Lipinski definition) is 3. The third kappa shape index (κ3) is 3.65. The summed E-state index contributed by atoms with van der Waals surface area (Å²) < 4.78 is 5.32. The summed E-state index contributed by atoms with van der Waals surface area (Å²) in [7, 11) is 2.21. The van der Waals surface area contributed by atoms with Crippen LogP contribution in [0.5, 0.6) is 0 Å². The number of furan rings is 1. The van der Waals surface area contributed by atoms with E-state index in [1.807, 2.05) is 12.1 Å². The quantitative estimate of drug-likeness (QED) is 0.843. The monoisotopic (exact) mass is 222 g/mol. The highest BCUT2D eigenvalue weighted by atomic mass is 16.3. The smallest absolute Gasteiger partial charge is 0.105 e. The first kappa shape index (κ1) is 11.7. The molecule has 1 aliphatic rings. The fraction of sp³-hybridized carbons (Fsp3) is 0.692. The molecule has 3 heteroatoms. The van der Waals surface area contributed by atoms with Crippen molar-refractivity contribution in [2.45, 2.75) is 31.7 Å². The van der Waals surface area contributed by atoms with Crippen LogP contribution in [-0.2, 0) is 6.42 Å². The number of hydrogen-bond donors (Lipinski definition) is 1. The van der Waals surface area contributed by atoms with Gasteiger partial charge in [0.25, 0.3) is 0 Å². The zero-order chi connectivity index (χ0) is 11.2. The van der Waals surface area contributed by atoms with E-state index >= 15 is 0 Å². The first-order chi connectivity index (χ1) is 7.84. The van der Waals surface area contributed by atoms with Crippen LogP contribution >= 0.6 is 0 Å². The zero-order valence-electron chi connectivity index (χ0n) is 10.1. The summed E-state index contributed by atoms with van der Waals surface area (Å²) in [4.78, 5) is 2.42. The van der Waals surface area contributed by atoms with Gasteiger partial charge in [-0.3, -0.25) is 0 Å². The van der Waals surface area contributed by atoms with Crippen molar-refractivity contribution in [3.63, 3.8) is 0 Å². The largest absolute Gasteiger partial charge is 0.469 e. The lowest BCUT2D eigenvalue weighted by Gasteiger charge is -2.16. The standard InChI is InChI=1S/C13H22N2O/c1-15-9-2-4-12(7-10-15)14-8-6-13-5-3-11-16-13/h3,5,11-12,14H,2,4,6-10H2,1H3. The Morgan fingerprint density at radius 2 is 2.38 bits per heavy atom. The van der Waals surface area contributed by atoms with Gasteiger partial charge >= 0.3 is 0 Å². The summed E-state index contributed by atoms with van der Waals surface area (Å²) in [5, 5.41) is 3.63. The van der Waals surface area contributed by atoms with Gasteiger partial charge in [-0.2, -0.15) is 0 Å². The van der Waals surface area contributed by atoms with Gasteiger partial charge in [0.15, 0.2) is 0 Å². The Morgan fingerprint density at radius 1 is 1.44 bits per heavy atom. The molecule has 0 saturated carbocycles. The van der Waals surface area contributed by atoms with Gasteiger partial charge in [0.1, 0.15) is 5.76 Å². The van der Waals surface area contributed by atoms with Crippen molar-refractivity contribution in [3.05, 3.63) is 24.2 Å². The topological polar surface area (TPSA) is 28.4 Å². The SMILES string of the molecule is CN1CCCC(NCCc2ccco2)CC1. The molecule has 1 N–H and O–H groups in total. The summed E-state index contributed by atoms with van der Waals surface area (Å²) in [6.07, 6.45) is 6.64. The molecule has 3 nitrogen and oxygen atoms in total. The third-order valence-electron chi connectivity index (χ3n) is 3.34. The molecule has 1 fully saturated rings. The summed E-state index contributed by atoms with van der Waals surface area (Å²) in [5.41, 5.74) is 0. The van der Waals surface area contributed by atoms with E-state index in [-0.39, 0.29) is 0 Å². The summed E-state index contributed by atoms with van der Waals surface area (Å²) in [6, 6.07) is 4.69. The molecule has 0 aromatic carbocycles. The van der Waals surface area contributed by atoms with Crippen molar-refractivity contribution in [1.82, 2.24) is 10.2 Å². The number of nitrogens with zero attached hydrogens (tertiary/aromatic N) is 1. The molecule has 0 radical (unpaired) electrons. The van der Waals surface area contributed by atoms with Gasteiger partial charge in [0, 0.05) is 19.0 Å². The highest BCUT2D eigenvalue weighted by Gasteiger charge is 2.13. The lowest BCUT2D eigenvalue weighted by molar-refractivity contribution is 0.343. The molecule has 1 saturated heterocycles. The Morgan fingerprint density at radius 3 is 3.19 bits per heavy atom. The van der Waals surface area contributed by atoms with E-state index in [1.54, 1.807) is 6.26 Å². The van der Waals surface area contributed by atoms with Crippen LogP contribution in [0.2, 0.25) is 0 Å². The van der Waals surface area contributed by atoms with E-state index in [2.05, 4.69) is 17.3 Å². The zero-order valence-corrected chi connectivity index (χ0v) is 10.1. The average Bonchev–Trinajstić information content (AvgIpc) is 2.70. The normalized spacial score (nSPS) is 23.2. The van der Waals surface area contributed by atoms with Crippen LogP contribution in [0.1, 0.15) is 25.0 Å². The molecule has 1 aliphatic heterocycles. The Labute approximate surface area is 97.8 Å². The van der Waals surface area contributed by atoms with Gasteiger partial charge < -0.3 is 14.6 Å². The highest BCUT2D eigenvalue weighted by molar-refractivity contribution is 4.98. The fourth-order valence-corrected chi connectivity index (χ4v) is 2.30. The number of likely N-dealkylation sites (tertiary alicyclic amines) is 1. The minimum atomic E-state index is 0.694. The molecule has 2 heterocycles. The second-order valence-electron chi connectivity index (χ2n) is 4.71. The van der Waals surface area contributed by atoms with Crippen LogP contribution in [0.25, 0.3) is 0 Å². The van der Waals surface area contributed by atoms with E-state index in [4.69, 9.17) is 4.42 Å². The first-order valence-corrected chi connectivity index (χ1v) is 6.29. The van der Waals surface area contributed by atoms with Crippen molar-refractivity contribution in [2.75, 3.05) is 26.7 Å². The van der Waals surface area contributed by atoms with Crippen LogP contribution in [0, 0.1) is 0 Å². The van der Waals surface area contributed by atoms with E-state index in [0.717, 1.165) is 18.7 Å². The molecule has 0 aliphatic carbocycles. The van der Waals surface area contributed by atoms with E-state index < -0.39 is 0 Å². The Hall–Kier alpha value is -0.800.